The van der Waals surface area contributed by atoms with E-state index in [1.54, 1.807) is 6.20 Å². The summed E-state index contributed by atoms with van der Waals surface area (Å²) in [7, 11) is 0. The summed E-state index contributed by atoms with van der Waals surface area (Å²) in [5, 5.41) is 21.9. The number of carboxylic acids is 2. The summed E-state index contributed by atoms with van der Waals surface area (Å²) in [6.07, 6.45) is 4.06. The molecule has 0 aliphatic carbocycles. The Hall–Kier alpha value is -2.41. The van der Waals surface area contributed by atoms with Gasteiger partial charge in [0.25, 0.3) is 0 Å². The number of rotatable bonds is 6. The minimum absolute atomic E-state index is 0.0539. The third-order valence-corrected chi connectivity index (χ3v) is 3.34. The van der Waals surface area contributed by atoms with E-state index in [-0.39, 0.29) is 13.0 Å². The number of aliphatic carboxylic acids is 2. The normalized spacial score (nSPS) is 11.0. The topological polar surface area (TPSA) is 92.4 Å². The van der Waals surface area contributed by atoms with Crippen molar-refractivity contribution in [3.63, 3.8) is 0 Å². The molecule has 2 N–H and O–H groups in total. The summed E-state index contributed by atoms with van der Waals surface area (Å²) in [6, 6.07) is 7.44. The number of hydrogen-bond acceptors (Lipinski definition) is 3. The van der Waals surface area contributed by atoms with Crippen molar-refractivity contribution in [3.8, 4) is 11.3 Å². The van der Waals surface area contributed by atoms with Crippen LogP contribution >= 0.6 is 15.9 Å². The van der Waals surface area contributed by atoms with E-state index in [1.165, 1.54) is 10.8 Å². The van der Waals surface area contributed by atoms with E-state index < -0.39 is 11.9 Å². The Bertz CT molecular complexity index is 737. The Balaban J connectivity index is 2.40. The molecule has 1 heterocycles. The Morgan fingerprint density at radius 1 is 1.32 bits per heavy atom. The largest absolute Gasteiger partial charge is 0.481 e. The van der Waals surface area contributed by atoms with Gasteiger partial charge >= 0.3 is 11.9 Å². The van der Waals surface area contributed by atoms with Gasteiger partial charge in [-0.05, 0) is 18.2 Å². The van der Waals surface area contributed by atoms with Crippen LogP contribution in [-0.2, 0) is 16.1 Å². The number of hydrogen-bond donors (Lipinski definition) is 2. The Morgan fingerprint density at radius 2 is 2.09 bits per heavy atom. The van der Waals surface area contributed by atoms with Gasteiger partial charge in [-0.25, -0.2) is 4.79 Å². The van der Waals surface area contributed by atoms with Crippen molar-refractivity contribution in [1.29, 1.82) is 0 Å². The van der Waals surface area contributed by atoms with Crippen molar-refractivity contribution < 1.29 is 19.8 Å². The molecule has 1 aromatic carbocycles. The molecule has 0 fully saturated rings. The van der Waals surface area contributed by atoms with Crippen LogP contribution < -0.4 is 0 Å². The highest BCUT2D eigenvalue weighted by Gasteiger charge is 2.11. The first-order valence-electron chi connectivity index (χ1n) is 6.42. The average molecular weight is 365 g/mol. The van der Waals surface area contributed by atoms with Crippen LogP contribution in [0.3, 0.4) is 0 Å². The first kappa shape index (κ1) is 16.0. The number of aromatic nitrogens is 2. The number of halogens is 1. The minimum Gasteiger partial charge on any atom is -0.481 e. The van der Waals surface area contributed by atoms with Crippen molar-refractivity contribution in [1.82, 2.24) is 9.78 Å². The summed E-state index contributed by atoms with van der Waals surface area (Å²) in [5.74, 6) is -1.97. The van der Waals surface area contributed by atoms with Crippen LogP contribution in [0.4, 0.5) is 0 Å². The van der Waals surface area contributed by atoms with Crippen LogP contribution in [0.5, 0.6) is 0 Å². The van der Waals surface area contributed by atoms with Crippen LogP contribution in [0.25, 0.3) is 17.3 Å². The lowest BCUT2D eigenvalue weighted by Gasteiger charge is -2.00. The number of aryl methyl sites for hydroxylation is 1. The molecule has 0 spiro atoms. The lowest BCUT2D eigenvalue weighted by atomic mass is 10.1. The molecule has 0 saturated heterocycles. The zero-order chi connectivity index (χ0) is 16.1. The Morgan fingerprint density at radius 3 is 2.73 bits per heavy atom. The standard InChI is InChI=1S/C15H13BrN2O4/c16-12-3-1-2-10(8-12)15-11(4-5-13(19)20)9-18(17-15)7-6-14(21)22/h1-5,8-9H,6-7H2,(H,19,20)(H,21,22). The quantitative estimate of drug-likeness (QED) is 0.768. The first-order chi connectivity index (χ1) is 10.5. The smallest absolute Gasteiger partial charge is 0.328 e. The summed E-state index contributed by atoms with van der Waals surface area (Å²) in [6.45, 7) is 0.219. The number of carbonyl (C=O) groups is 2. The molecule has 22 heavy (non-hydrogen) atoms. The van der Waals surface area contributed by atoms with E-state index in [0.29, 0.717) is 11.3 Å². The van der Waals surface area contributed by atoms with Crippen LogP contribution in [0.2, 0.25) is 0 Å². The third-order valence-electron chi connectivity index (χ3n) is 2.85. The van der Waals surface area contributed by atoms with Gasteiger partial charge < -0.3 is 10.2 Å². The van der Waals surface area contributed by atoms with Crippen LogP contribution in [0.1, 0.15) is 12.0 Å². The van der Waals surface area contributed by atoms with E-state index in [4.69, 9.17) is 10.2 Å². The molecule has 6 nitrogen and oxygen atoms in total. The van der Waals surface area contributed by atoms with E-state index in [0.717, 1.165) is 16.1 Å². The van der Waals surface area contributed by atoms with Crippen molar-refractivity contribution >= 4 is 33.9 Å². The van der Waals surface area contributed by atoms with E-state index in [9.17, 15) is 9.59 Å². The highest BCUT2D eigenvalue weighted by Crippen LogP contribution is 2.26. The van der Waals surface area contributed by atoms with E-state index >= 15 is 0 Å². The van der Waals surface area contributed by atoms with Gasteiger partial charge in [-0.15, -0.1) is 0 Å². The molecule has 114 valence electrons. The molecule has 0 bridgehead atoms. The summed E-state index contributed by atoms with van der Waals surface area (Å²) < 4.78 is 2.38. The third kappa shape index (κ3) is 4.29. The maximum absolute atomic E-state index is 10.7. The Labute approximate surface area is 134 Å². The van der Waals surface area contributed by atoms with E-state index in [2.05, 4.69) is 21.0 Å². The van der Waals surface area contributed by atoms with Crippen molar-refractivity contribution in [2.24, 2.45) is 0 Å². The molecular weight excluding hydrogens is 352 g/mol. The van der Waals surface area contributed by atoms with Crippen molar-refractivity contribution in [2.45, 2.75) is 13.0 Å². The molecule has 0 saturated carbocycles. The lowest BCUT2D eigenvalue weighted by molar-refractivity contribution is -0.137. The maximum atomic E-state index is 10.7. The summed E-state index contributed by atoms with van der Waals surface area (Å²) >= 11 is 3.38. The predicted octanol–water partition coefficient (Wildman–Crippen LogP) is 2.89. The molecule has 1 aromatic heterocycles. The lowest BCUT2D eigenvalue weighted by Crippen LogP contribution is -2.04. The van der Waals surface area contributed by atoms with Gasteiger partial charge in [-0.1, -0.05) is 28.1 Å². The number of nitrogens with zero attached hydrogens (tertiary/aromatic N) is 2. The summed E-state index contributed by atoms with van der Waals surface area (Å²) in [4.78, 5) is 21.4. The van der Waals surface area contributed by atoms with Crippen molar-refractivity contribution in [3.05, 3.63) is 46.6 Å². The van der Waals surface area contributed by atoms with Gasteiger partial charge in [0.15, 0.2) is 0 Å². The monoisotopic (exact) mass is 364 g/mol. The zero-order valence-electron chi connectivity index (χ0n) is 11.4. The first-order valence-corrected chi connectivity index (χ1v) is 7.21. The van der Waals surface area contributed by atoms with E-state index in [1.807, 2.05) is 24.3 Å². The molecule has 0 aliphatic heterocycles. The average Bonchev–Trinajstić information content (AvgIpc) is 2.86. The maximum Gasteiger partial charge on any atom is 0.328 e. The fourth-order valence-electron chi connectivity index (χ4n) is 1.90. The number of benzene rings is 1. The molecule has 0 atom stereocenters. The molecule has 0 unspecified atom stereocenters. The van der Waals surface area contributed by atoms with Crippen LogP contribution in [0.15, 0.2) is 41.0 Å². The van der Waals surface area contributed by atoms with Gasteiger partial charge in [0.2, 0.25) is 0 Å². The Kier molecular flexibility index (Phi) is 5.11. The van der Waals surface area contributed by atoms with Gasteiger partial charge in [0.05, 0.1) is 18.7 Å². The van der Waals surface area contributed by atoms with Crippen LogP contribution in [0, 0.1) is 0 Å². The molecule has 0 amide bonds. The van der Waals surface area contributed by atoms with Gasteiger partial charge in [-0.3, -0.25) is 9.48 Å². The fraction of sp³-hybridized carbons (Fsp3) is 0.133. The van der Waals surface area contributed by atoms with Gasteiger partial charge in [0.1, 0.15) is 0 Å². The second kappa shape index (κ2) is 7.04. The molecule has 7 heteroatoms. The second-order valence-electron chi connectivity index (χ2n) is 4.52. The SMILES string of the molecule is O=C(O)C=Cc1cn(CCC(=O)O)nc1-c1cccc(Br)c1. The molecular formula is C15H13BrN2O4. The molecule has 2 rings (SSSR count). The number of carboxylic acid groups (broad SMARTS) is 2. The minimum atomic E-state index is -1.06. The zero-order valence-corrected chi connectivity index (χ0v) is 13.0. The second-order valence-corrected chi connectivity index (χ2v) is 5.44. The van der Waals surface area contributed by atoms with Gasteiger partial charge in [0, 0.05) is 27.9 Å². The van der Waals surface area contributed by atoms with Gasteiger partial charge in [-0.2, -0.15) is 5.10 Å². The van der Waals surface area contributed by atoms with Crippen molar-refractivity contribution in [2.75, 3.05) is 0 Å². The molecule has 0 radical (unpaired) electrons. The highest BCUT2D eigenvalue weighted by atomic mass is 79.9. The molecule has 2 aromatic rings. The predicted molar refractivity (Wildman–Crippen MR) is 84.3 cm³/mol. The summed E-state index contributed by atoms with van der Waals surface area (Å²) in [5.41, 5.74) is 2.03. The highest BCUT2D eigenvalue weighted by molar-refractivity contribution is 9.10. The fourth-order valence-corrected chi connectivity index (χ4v) is 2.30. The van der Waals surface area contributed by atoms with Crippen LogP contribution in [-0.4, -0.2) is 31.9 Å². The molecule has 0 aliphatic rings.